The van der Waals surface area contributed by atoms with Crippen LogP contribution in [0.25, 0.3) is 6.08 Å². The van der Waals surface area contributed by atoms with Crippen molar-refractivity contribution in [1.29, 1.82) is 0 Å². The van der Waals surface area contributed by atoms with E-state index in [9.17, 15) is 4.79 Å². The van der Waals surface area contributed by atoms with Gasteiger partial charge in [0.05, 0.1) is 13.7 Å². The van der Waals surface area contributed by atoms with Crippen molar-refractivity contribution < 1.29 is 18.7 Å². The average molecular weight is 379 g/mol. The molecular weight excluding hydrogens is 344 g/mol. The predicted molar refractivity (Wildman–Crippen MR) is 110 cm³/mol. The van der Waals surface area contributed by atoms with Crippen LogP contribution in [0.4, 0.5) is 0 Å². The van der Waals surface area contributed by atoms with Gasteiger partial charge in [-0.05, 0) is 56.6 Å². The molecule has 4 nitrogen and oxygen atoms in total. The molecule has 5 heteroatoms. The highest BCUT2D eigenvalue weighted by molar-refractivity contribution is 6.74. The number of ether oxygens (including phenoxy) is 2. The summed E-state index contributed by atoms with van der Waals surface area (Å²) in [6.45, 7) is 17.1. The van der Waals surface area contributed by atoms with E-state index in [0.29, 0.717) is 12.4 Å². The zero-order valence-electron chi connectivity index (χ0n) is 17.7. The quantitative estimate of drug-likeness (QED) is 0.369. The molecule has 0 aliphatic carbocycles. The van der Waals surface area contributed by atoms with Crippen molar-refractivity contribution in [3.63, 3.8) is 0 Å². The molecule has 26 heavy (non-hydrogen) atoms. The first-order chi connectivity index (χ1) is 11.8. The Morgan fingerprint density at radius 2 is 1.73 bits per heavy atom. The molecule has 1 rings (SSSR count). The third kappa shape index (κ3) is 6.61. The molecule has 0 radical (unpaired) electrons. The number of methoxy groups -OCH3 is 1. The van der Waals surface area contributed by atoms with Crippen molar-refractivity contribution >= 4 is 20.4 Å². The highest BCUT2D eigenvalue weighted by Crippen LogP contribution is 2.37. The maximum Gasteiger partial charge on any atom is 0.331 e. The van der Waals surface area contributed by atoms with Gasteiger partial charge in [0.2, 0.25) is 0 Å². The van der Waals surface area contributed by atoms with Gasteiger partial charge in [0.15, 0.2) is 8.32 Å². The van der Waals surface area contributed by atoms with Crippen molar-refractivity contribution in [3.8, 4) is 5.75 Å². The first kappa shape index (κ1) is 22.4. The predicted octanol–water partition coefficient (Wildman–Crippen LogP) is 5.57. The van der Waals surface area contributed by atoms with Crippen LogP contribution in [-0.4, -0.2) is 27.0 Å². The van der Waals surface area contributed by atoms with Crippen molar-refractivity contribution in [3.05, 3.63) is 35.4 Å². The van der Waals surface area contributed by atoms with Crippen molar-refractivity contribution in [2.45, 2.75) is 71.9 Å². The lowest BCUT2D eigenvalue weighted by molar-refractivity contribution is -0.148. The van der Waals surface area contributed by atoms with Gasteiger partial charge in [-0.25, -0.2) is 4.79 Å². The molecule has 146 valence electrons. The molecule has 0 fully saturated rings. The molecule has 0 heterocycles. The van der Waals surface area contributed by atoms with Crippen molar-refractivity contribution in [2.75, 3.05) is 7.11 Å². The van der Waals surface area contributed by atoms with Gasteiger partial charge in [-0.2, -0.15) is 0 Å². The monoisotopic (exact) mass is 378 g/mol. The number of hydrogen-bond acceptors (Lipinski definition) is 4. The van der Waals surface area contributed by atoms with Crippen molar-refractivity contribution in [1.82, 2.24) is 0 Å². The summed E-state index contributed by atoms with van der Waals surface area (Å²) in [7, 11) is -0.248. The molecule has 0 unspecified atom stereocenters. The average Bonchev–Trinajstić information content (AvgIpc) is 2.48. The van der Waals surface area contributed by atoms with Crippen molar-refractivity contribution in [2.24, 2.45) is 0 Å². The smallest absolute Gasteiger partial charge is 0.331 e. The molecule has 0 atom stereocenters. The number of rotatable bonds is 6. The molecule has 0 aromatic heterocycles. The minimum Gasteiger partial charge on any atom is -0.496 e. The molecular formula is C21H34O4Si. The van der Waals surface area contributed by atoms with Crippen LogP contribution in [0, 0.1) is 0 Å². The van der Waals surface area contributed by atoms with Gasteiger partial charge in [0.25, 0.3) is 0 Å². The van der Waals surface area contributed by atoms with E-state index in [1.165, 1.54) is 6.08 Å². The number of benzene rings is 1. The largest absolute Gasteiger partial charge is 0.496 e. The minimum atomic E-state index is -1.87. The maximum absolute atomic E-state index is 12.0. The molecule has 0 saturated heterocycles. The Kier molecular flexibility index (Phi) is 7.25. The van der Waals surface area contributed by atoms with Gasteiger partial charge < -0.3 is 13.9 Å². The molecule has 1 aromatic rings. The Morgan fingerprint density at radius 1 is 1.12 bits per heavy atom. The van der Waals surface area contributed by atoms with Crippen LogP contribution in [0.5, 0.6) is 5.75 Å². The second kappa shape index (κ2) is 8.40. The Balaban J connectivity index is 3.06. The molecule has 1 aromatic carbocycles. The molecule has 0 spiro atoms. The van der Waals surface area contributed by atoms with E-state index in [-0.39, 0.29) is 11.0 Å². The van der Waals surface area contributed by atoms with Gasteiger partial charge >= 0.3 is 5.97 Å². The van der Waals surface area contributed by atoms with Gasteiger partial charge in [0.1, 0.15) is 11.4 Å². The summed E-state index contributed by atoms with van der Waals surface area (Å²) < 4.78 is 17.2. The highest BCUT2D eigenvalue weighted by Gasteiger charge is 2.37. The van der Waals surface area contributed by atoms with E-state index in [1.807, 2.05) is 39.0 Å². The van der Waals surface area contributed by atoms with E-state index >= 15 is 0 Å². The number of carbonyl (C=O) groups is 1. The summed E-state index contributed by atoms with van der Waals surface area (Å²) in [5.74, 6) is 0.334. The normalized spacial score (nSPS) is 13.1. The zero-order valence-corrected chi connectivity index (χ0v) is 18.7. The Hall–Kier alpha value is -1.59. The van der Waals surface area contributed by atoms with Crippen LogP contribution >= 0.6 is 0 Å². The lowest BCUT2D eigenvalue weighted by Crippen LogP contribution is -2.40. The van der Waals surface area contributed by atoms with Crippen LogP contribution in [0.1, 0.15) is 52.7 Å². The standard InChI is InChI=1S/C21H34O4Si/c1-20(2,3)25-19(22)14-13-17-16(11-10-12-18(17)23-7)15-24-26(8,9)21(4,5)6/h10-14H,15H2,1-9H3/b14-13+. The molecule has 0 N–H and O–H groups in total. The van der Waals surface area contributed by atoms with Crippen LogP contribution in [0.3, 0.4) is 0 Å². The van der Waals surface area contributed by atoms with E-state index in [1.54, 1.807) is 13.2 Å². The summed E-state index contributed by atoms with van der Waals surface area (Å²) in [4.78, 5) is 12.0. The van der Waals surface area contributed by atoms with Crippen LogP contribution < -0.4 is 4.74 Å². The number of esters is 1. The summed E-state index contributed by atoms with van der Waals surface area (Å²) >= 11 is 0. The van der Waals surface area contributed by atoms with Gasteiger partial charge in [0, 0.05) is 11.6 Å². The zero-order chi connectivity index (χ0) is 20.2. The minimum absolute atomic E-state index is 0.137. The summed E-state index contributed by atoms with van der Waals surface area (Å²) in [6, 6.07) is 5.82. The van der Waals surface area contributed by atoms with E-state index in [0.717, 1.165) is 11.1 Å². The molecule has 0 amide bonds. The fourth-order valence-corrected chi connectivity index (χ4v) is 2.99. The second-order valence-corrected chi connectivity index (χ2v) is 13.8. The Morgan fingerprint density at radius 3 is 2.23 bits per heavy atom. The van der Waals surface area contributed by atoms with E-state index in [4.69, 9.17) is 13.9 Å². The van der Waals surface area contributed by atoms with E-state index < -0.39 is 13.9 Å². The molecule has 0 bridgehead atoms. The summed E-state index contributed by atoms with van der Waals surface area (Å²) in [5.41, 5.74) is 1.32. The molecule has 0 saturated carbocycles. The van der Waals surface area contributed by atoms with Crippen LogP contribution in [0.2, 0.25) is 18.1 Å². The second-order valence-electron chi connectivity index (χ2n) is 8.95. The topological polar surface area (TPSA) is 44.8 Å². The van der Waals surface area contributed by atoms with Gasteiger partial charge in [-0.15, -0.1) is 0 Å². The Bertz CT molecular complexity index is 649. The van der Waals surface area contributed by atoms with Gasteiger partial charge in [-0.3, -0.25) is 0 Å². The third-order valence-electron chi connectivity index (χ3n) is 4.56. The summed E-state index contributed by atoms with van der Waals surface area (Å²) in [6.07, 6.45) is 3.19. The highest BCUT2D eigenvalue weighted by atomic mass is 28.4. The lowest BCUT2D eigenvalue weighted by Gasteiger charge is -2.36. The number of hydrogen-bond donors (Lipinski definition) is 0. The van der Waals surface area contributed by atoms with Crippen LogP contribution in [-0.2, 0) is 20.6 Å². The van der Waals surface area contributed by atoms with Crippen LogP contribution in [0.15, 0.2) is 24.3 Å². The fourth-order valence-electron chi connectivity index (χ4n) is 2.04. The lowest BCUT2D eigenvalue weighted by atomic mass is 10.1. The van der Waals surface area contributed by atoms with Gasteiger partial charge in [-0.1, -0.05) is 32.9 Å². The fraction of sp³-hybridized carbons (Fsp3) is 0.571. The molecule has 0 aliphatic rings. The first-order valence-corrected chi connectivity index (χ1v) is 11.9. The van der Waals surface area contributed by atoms with E-state index in [2.05, 4.69) is 33.9 Å². The SMILES string of the molecule is COc1cccc(CO[Si](C)(C)C(C)(C)C)c1/C=C/C(=O)OC(C)(C)C. The molecule has 0 aliphatic heterocycles. The maximum atomic E-state index is 12.0. The third-order valence-corrected chi connectivity index (χ3v) is 9.04. The Labute approximate surface area is 159 Å². The summed E-state index contributed by atoms with van der Waals surface area (Å²) in [5, 5.41) is 0.137. The first-order valence-electron chi connectivity index (χ1n) is 8.98. The number of carbonyl (C=O) groups excluding carboxylic acids is 1.